The number of hydrogen-bond acceptors (Lipinski definition) is 5. The summed E-state index contributed by atoms with van der Waals surface area (Å²) in [6, 6.07) is 11.2. The molecule has 0 N–H and O–H groups in total. The van der Waals surface area contributed by atoms with E-state index in [1.165, 1.54) is 0 Å². The normalized spacial score (nSPS) is 20.9. The molecule has 0 bridgehead atoms. The van der Waals surface area contributed by atoms with Gasteiger partial charge in [-0.2, -0.15) is 0 Å². The average Bonchev–Trinajstić information content (AvgIpc) is 2.81. The van der Waals surface area contributed by atoms with Gasteiger partial charge in [0.05, 0.1) is 18.7 Å². The molecule has 0 spiro atoms. The van der Waals surface area contributed by atoms with Crippen LogP contribution >= 0.6 is 0 Å². The molecular weight excluding hydrogens is 394 g/mol. The smallest absolute Gasteiger partial charge is 0.255 e. The third kappa shape index (κ3) is 4.05. The number of hydrogen-bond donors (Lipinski definition) is 0. The van der Waals surface area contributed by atoms with Crippen molar-refractivity contribution in [2.24, 2.45) is 0 Å². The lowest BCUT2D eigenvalue weighted by Gasteiger charge is -2.48. The van der Waals surface area contributed by atoms with Crippen LogP contribution in [0.1, 0.15) is 28.0 Å². The van der Waals surface area contributed by atoms with E-state index in [4.69, 9.17) is 9.47 Å². The van der Waals surface area contributed by atoms with Gasteiger partial charge in [0.15, 0.2) is 6.10 Å². The minimum atomic E-state index is -0.465. The Morgan fingerprint density at radius 1 is 1.19 bits per heavy atom. The third-order valence-electron chi connectivity index (χ3n) is 6.06. The molecule has 0 unspecified atom stereocenters. The van der Waals surface area contributed by atoms with Crippen LogP contribution < -0.4 is 4.74 Å². The molecule has 4 rings (SSSR count). The number of aryl methyl sites for hydroxylation is 1. The average molecular weight is 421 g/mol. The molecule has 162 valence electrons. The molecule has 7 nitrogen and oxygen atoms in total. The Kier molecular flexibility index (Phi) is 6.04. The highest BCUT2D eigenvalue weighted by Crippen LogP contribution is 2.33. The Morgan fingerprint density at radius 3 is 2.58 bits per heavy atom. The maximum absolute atomic E-state index is 12.9. The molecule has 1 aromatic carbocycles. The summed E-state index contributed by atoms with van der Waals surface area (Å²) in [4.78, 5) is 33.4. The molecule has 1 fully saturated rings. The minimum Gasteiger partial charge on any atom is -0.497 e. The van der Waals surface area contributed by atoms with E-state index in [9.17, 15) is 9.59 Å². The standard InChI is InChI=1S/C24H27N3O4/c1-16-20(5-4-12-25-16)23(28)26-13-10-18(11-14-26)21-22(31-3)24(29)27(21)15-17-6-8-19(30-2)9-7-17/h4-10,12,21-22H,11,13-15H2,1-3H3/t21-,22+/m0/s1. The van der Waals surface area contributed by atoms with Crippen LogP contribution in [0.4, 0.5) is 0 Å². The van der Waals surface area contributed by atoms with Crippen molar-refractivity contribution in [1.29, 1.82) is 0 Å². The van der Waals surface area contributed by atoms with E-state index in [0.717, 1.165) is 22.6 Å². The molecule has 1 aromatic heterocycles. The van der Waals surface area contributed by atoms with Crippen molar-refractivity contribution in [2.75, 3.05) is 27.3 Å². The first-order valence-corrected chi connectivity index (χ1v) is 10.4. The zero-order valence-corrected chi connectivity index (χ0v) is 18.1. The second-order valence-electron chi connectivity index (χ2n) is 7.83. The SMILES string of the molecule is COc1ccc(CN2C(=O)[C@H](OC)[C@@H]2C2=CCN(C(=O)c3cccnc3C)CC2)cc1. The summed E-state index contributed by atoms with van der Waals surface area (Å²) < 4.78 is 10.7. The van der Waals surface area contributed by atoms with E-state index in [2.05, 4.69) is 11.1 Å². The predicted octanol–water partition coefficient (Wildman–Crippen LogP) is 2.60. The summed E-state index contributed by atoms with van der Waals surface area (Å²) >= 11 is 0. The molecule has 3 heterocycles. The Balaban J connectivity index is 1.47. The molecule has 0 aliphatic carbocycles. The van der Waals surface area contributed by atoms with Gasteiger partial charge in [-0.05, 0) is 48.7 Å². The summed E-state index contributed by atoms with van der Waals surface area (Å²) in [5, 5.41) is 0. The quantitative estimate of drug-likeness (QED) is 0.530. The van der Waals surface area contributed by atoms with Gasteiger partial charge in [0.25, 0.3) is 11.8 Å². The summed E-state index contributed by atoms with van der Waals surface area (Å²) in [6.07, 6.45) is 4.00. The number of ether oxygens (including phenoxy) is 2. The highest BCUT2D eigenvalue weighted by Gasteiger charge is 2.49. The van der Waals surface area contributed by atoms with Crippen LogP contribution in [-0.4, -0.2) is 66.1 Å². The molecule has 2 aliphatic rings. The Hall–Kier alpha value is -3.19. The fourth-order valence-electron chi connectivity index (χ4n) is 4.26. The fraction of sp³-hybridized carbons (Fsp3) is 0.375. The van der Waals surface area contributed by atoms with Crippen LogP contribution in [0.5, 0.6) is 5.75 Å². The number of benzene rings is 1. The van der Waals surface area contributed by atoms with Crippen LogP contribution in [0.15, 0.2) is 54.2 Å². The van der Waals surface area contributed by atoms with Crippen molar-refractivity contribution in [1.82, 2.24) is 14.8 Å². The topological polar surface area (TPSA) is 72.0 Å². The Labute approximate surface area is 182 Å². The first-order chi connectivity index (χ1) is 15.0. The highest BCUT2D eigenvalue weighted by molar-refractivity contribution is 5.95. The van der Waals surface area contributed by atoms with Crippen LogP contribution in [0, 0.1) is 6.92 Å². The molecule has 2 aliphatic heterocycles. The number of amides is 2. The number of carbonyl (C=O) groups is 2. The van der Waals surface area contributed by atoms with Gasteiger partial charge < -0.3 is 19.3 Å². The molecule has 2 atom stereocenters. The van der Waals surface area contributed by atoms with Crippen molar-refractivity contribution < 1.29 is 19.1 Å². The lowest BCUT2D eigenvalue weighted by molar-refractivity contribution is -0.168. The molecule has 1 saturated heterocycles. The number of β-lactam (4-membered cyclic amide) rings is 1. The van der Waals surface area contributed by atoms with Gasteiger partial charge in [0, 0.05) is 38.6 Å². The van der Waals surface area contributed by atoms with Gasteiger partial charge in [-0.1, -0.05) is 18.2 Å². The number of nitrogens with zero attached hydrogens (tertiary/aromatic N) is 3. The Morgan fingerprint density at radius 2 is 1.97 bits per heavy atom. The first kappa shape index (κ1) is 21.1. The lowest BCUT2D eigenvalue weighted by Crippen LogP contribution is -2.66. The van der Waals surface area contributed by atoms with E-state index in [-0.39, 0.29) is 17.9 Å². The van der Waals surface area contributed by atoms with Gasteiger partial charge in [0.1, 0.15) is 5.75 Å². The van der Waals surface area contributed by atoms with Gasteiger partial charge in [-0.25, -0.2) is 0 Å². The zero-order chi connectivity index (χ0) is 22.0. The van der Waals surface area contributed by atoms with E-state index < -0.39 is 6.10 Å². The van der Waals surface area contributed by atoms with Gasteiger partial charge in [0.2, 0.25) is 0 Å². The monoisotopic (exact) mass is 421 g/mol. The zero-order valence-electron chi connectivity index (χ0n) is 18.1. The first-order valence-electron chi connectivity index (χ1n) is 10.4. The number of likely N-dealkylation sites (tertiary alicyclic amines) is 1. The summed E-state index contributed by atoms with van der Waals surface area (Å²) in [7, 11) is 3.21. The predicted molar refractivity (Wildman–Crippen MR) is 116 cm³/mol. The number of pyridine rings is 1. The van der Waals surface area contributed by atoms with Crippen LogP contribution in [-0.2, 0) is 16.1 Å². The maximum atomic E-state index is 12.9. The largest absolute Gasteiger partial charge is 0.497 e. The summed E-state index contributed by atoms with van der Waals surface area (Å²) in [6.45, 7) is 3.48. The third-order valence-corrected chi connectivity index (χ3v) is 6.06. The number of methoxy groups -OCH3 is 2. The van der Waals surface area contributed by atoms with Crippen molar-refractivity contribution >= 4 is 11.8 Å². The van der Waals surface area contributed by atoms with Gasteiger partial charge >= 0.3 is 0 Å². The molecule has 0 radical (unpaired) electrons. The Bertz CT molecular complexity index is 1000. The van der Waals surface area contributed by atoms with Crippen molar-refractivity contribution in [2.45, 2.75) is 32.0 Å². The number of carbonyl (C=O) groups excluding carboxylic acids is 2. The minimum absolute atomic E-state index is 0.00583. The molecular formula is C24H27N3O4. The molecule has 2 amide bonds. The van der Waals surface area contributed by atoms with Gasteiger partial charge in [-0.3, -0.25) is 14.6 Å². The second kappa shape index (κ2) is 8.89. The number of rotatable bonds is 6. The van der Waals surface area contributed by atoms with Gasteiger partial charge in [-0.15, -0.1) is 0 Å². The molecule has 2 aromatic rings. The summed E-state index contributed by atoms with van der Waals surface area (Å²) in [5.74, 6) is 0.770. The lowest BCUT2D eigenvalue weighted by atomic mass is 9.86. The fourth-order valence-corrected chi connectivity index (χ4v) is 4.26. The van der Waals surface area contributed by atoms with E-state index in [1.807, 2.05) is 47.1 Å². The van der Waals surface area contributed by atoms with E-state index >= 15 is 0 Å². The van der Waals surface area contributed by atoms with Crippen molar-refractivity contribution in [3.8, 4) is 5.75 Å². The summed E-state index contributed by atoms with van der Waals surface area (Å²) in [5.41, 5.74) is 3.55. The highest BCUT2D eigenvalue weighted by atomic mass is 16.5. The van der Waals surface area contributed by atoms with Crippen LogP contribution in [0.2, 0.25) is 0 Å². The molecule has 31 heavy (non-hydrogen) atoms. The molecule has 0 saturated carbocycles. The number of aromatic nitrogens is 1. The van der Waals surface area contributed by atoms with Crippen LogP contribution in [0.3, 0.4) is 0 Å². The van der Waals surface area contributed by atoms with Crippen molar-refractivity contribution in [3.63, 3.8) is 0 Å². The van der Waals surface area contributed by atoms with Crippen LogP contribution in [0.25, 0.3) is 0 Å². The van der Waals surface area contributed by atoms with E-state index in [1.54, 1.807) is 26.5 Å². The van der Waals surface area contributed by atoms with E-state index in [0.29, 0.717) is 31.6 Å². The molecule has 7 heteroatoms. The maximum Gasteiger partial charge on any atom is 0.255 e. The van der Waals surface area contributed by atoms with Crippen molar-refractivity contribution in [3.05, 3.63) is 71.1 Å². The second-order valence-corrected chi connectivity index (χ2v) is 7.83.